The predicted molar refractivity (Wildman–Crippen MR) is 78.9 cm³/mol. The smallest absolute Gasteiger partial charge is 0.0581 e. The molecule has 3 heteroatoms. The first-order valence-corrected chi connectivity index (χ1v) is 7.02. The number of likely N-dealkylation sites (tertiary alicyclic amines) is 1. The summed E-state index contributed by atoms with van der Waals surface area (Å²) in [5, 5.41) is 9.28. The van der Waals surface area contributed by atoms with Crippen LogP contribution in [0, 0.1) is 0 Å². The summed E-state index contributed by atoms with van der Waals surface area (Å²) in [6.45, 7) is 5.83. The van der Waals surface area contributed by atoms with Gasteiger partial charge in [-0.15, -0.1) is 6.58 Å². The molecule has 1 aromatic rings. The largest absolute Gasteiger partial charge is 0.395 e. The van der Waals surface area contributed by atoms with Crippen LogP contribution in [0.25, 0.3) is 0 Å². The minimum atomic E-state index is -0.234. The third-order valence-corrected chi connectivity index (χ3v) is 4.23. The fraction of sp³-hybridized carbons (Fsp3) is 0.500. The molecule has 2 atom stereocenters. The molecule has 1 fully saturated rings. The zero-order valence-electron chi connectivity index (χ0n) is 11.5. The van der Waals surface area contributed by atoms with Gasteiger partial charge in [-0.3, -0.25) is 4.90 Å². The van der Waals surface area contributed by atoms with E-state index in [0.717, 1.165) is 25.8 Å². The van der Waals surface area contributed by atoms with Crippen molar-refractivity contribution in [2.75, 3.05) is 19.7 Å². The van der Waals surface area contributed by atoms with Crippen molar-refractivity contribution in [3.05, 3.63) is 48.6 Å². The maximum atomic E-state index is 9.28. The molecule has 3 nitrogen and oxygen atoms in total. The molecule has 19 heavy (non-hydrogen) atoms. The fourth-order valence-corrected chi connectivity index (χ4v) is 3.15. The van der Waals surface area contributed by atoms with E-state index in [-0.39, 0.29) is 18.2 Å². The van der Waals surface area contributed by atoms with Crippen LogP contribution in [0.2, 0.25) is 0 Å². The number of piperidine rings is 1. The summed E-state index contributed by atoms with van der Waals surface area (Å²) in [6, 6.07) is 10.5. The molecular formula is C16H24N2O. The van der Waals surface area contributed by atoms with Gasteiger partial charge >= 0.3 is 0 Å². The second kappa shape index (κ2) is 6.33. The number of rotatable bonds is 5. The minimum Gasteiger partial charge on any atom is -0.395 e. The van der Waals surface area contributed by atoms with Crippen LogP contribution < -0.4 is 5.73 Å². The highest BCUT2D eigenvalue weighted by Crippen LogP contribution is 2.31. The van der Waals surface area contributed by atoms with E-state index in [1.54, 1.807) is 0 Å². The molecule has 3 N–H and O–H groups in total. The monoisotopic (exact) mass is 260 g/mol. The molecule has 0 spiro atoms. The second-order valence-corrected chi connectivity index (χ2v) is 5.32. The Kier molecular flexibility index (Phi) is 4.75. The number of aliphatic hydroxyl groups is 1. The highest BCUT2D eigenvalue weighted by molar-refractivity contribution is 5.24. The first-order chi connectivity index (χ1) is 9.23. The summed E-state index contributed by atoms with van der Waals surface area (Å²) in [7, 11) is 0. The van der Waals surface area contributed by atoms with Crippen molar-refractivity contribution >= 4 is 0 Å². The molecule has 0 aliphatic carbocycles. The molecule has 0 saturated carbocycles. The van der Waals surface area contributed by atoms with Crippen LogP contribution >= 0.6 is 0 Å². The molecule has 1 aliphatic rings. The molecule has 1 heterocycles. The summed E-state index contributed by atoms with van der Waals surface area (Å²) in [5.74, 6) is 0. The van der Waals surface area contributed by atoms with Gasteiger partial charge in [-0.1, -0.05) is 36.4 Å². The minimum absolute atomic E-state index is 0.0745. The number of hydrogen-bond acceptors (Lipinski definition) is 3. The van der Waals surface area contributed by atoms with Crippen molar-refractivity contribution in [3.8, 4) is 0 Å². The van der Waals surface area contributed by atoms with E-state index in [4.69, 9.17) is 5.73 Å². The quantitative estimate of drug-likeness (QED) is 0.790. The molecule has 1 aromatic carbocycles. The van der Waals surface area contributed by atoms with Gasteiger partial charge in [0.05, 0.1) is 12.1 Å². The molecule has 0 bridgehead atoms. The van der Waals surface area contributed by atoms with Crippen LogP contribution in [-0.2, 0) is 6.42 Å². The number of benzene rings is 1. The Labute approximate surface area is 115 Å². The third kappa shape index (κ3) is 2.89. The van der Waals surface area contributed by atoms with Gasteiger partial charge in [0.2, 0.25) is 0 Å². The topological polar surface area (TPSA) is 49.5 Å². The fourth-order valence-electron chi connectivity index (χ4n) is 3.15. The molecule has 104 valence electrons. The summed E-state index contributed by atoms with van der Waals surface area (Å²) >= 11 is 0. The lowest BCUT2D eigenvalue weighted by Crippen LogP contribution is -2.63. The predicted octanol–water partition coefficient (Wildman–Crippen LogP) is 1.57. The zero-order valence-corrected chi connectivity index (χ0v) is 11.5. The summed E-state index contributed by atoms with van der Waals surface area (Å²) < 4.78 is 0. The van der Waals surface area contributed by atoms with E-state index < -0.39 is 0 Å². The summed E-state index contributed by atoms with van der Waals surface area (Å²) in [6.07, 6.45) is 4.95. The number of β-amino-alcohol motifs (C(OH)–C–C–N with tert-alkyl or cyclic N) is 1. The highest BCUT2D eigenvalue weighted by Gasteiger charge is 2.41. The van der Waals surface area contributed by atoms with Gasteiger partial charge in [-0.25, -0.2) is 0 Å². The average Bonchev–Trinajstić information content (AvgIpc) is 2.44. The van der Waals surface area contributed by atoms with Gasteiger partial charge in [0.25, 0.3) is 0 Å². The Bertz CT molecular complexity index is 404. The first-order valence-electron chi connectivity index (χ1n) is 7.02. The molecule has 2 unspecified atom stereocenters. The van der Waals surface area contributed by atoms with Gasteiger partial charge in [-0.2, -0.15) is 0 Å². The van der Waals surface area contributed by atoms with E-state index in [2.05, 4.69) is 35.7 Å². The summed E-state index contributed by atoms with van der Waals surface area (Å²) in [4.78, 5) is 2.29. The van der Waals surface area contributed by atoms with Crippen LogP contribution in [0.15, 0.2) is 43.0 Å². The number of nitrogens with two attached hydrogens (primary N) is 1. The molecule has 0 radical (unpaired) electrons. The van der Waals surface area contributed by atoms with Crippen molar-refractivity contribution in [3.63, 3.8) is 0 Å². The first kappa shape index (κ1) is 14.3. The van der Waals surface area contributed by atoms with E-state index in [1.807, 2.05) is 12.1 Å². The van der Waals surface area contributed by atoms with Crippen LogP contribution in [0.1, 0.15) is 18.4 Å². The average molecular weight is 260 g/mol. The lowest BCUT2D eigenvalue weighted by Gasteiger charge is -2.49. The number of hydrogen-bond donors (Lipinski definition) is 2. The van der Waals surface area contributed by atoms with E-state index in [0.29, 0.717) is 6.54 Å². The van der Waals surface area contributed by atoms with E-state index in [9.17, 15) is 5.11 Å². The Morgan fingerprint density at radius 2 is 2.16 bits per heavy atom. The van der Waals surface area contributed by atoms with Gasteiger partial charge in [0, 0.05) is 12.6 Å². The second-order valence-electron chi connectivity index (χ2n) is 5.32. The van der Waals surface area contributed by atoms with Crippen molar-refractivity contribution < 1.29 is 5.11 Å². The van der Waals surface area contributed by atoms with Crippen molar-refractivity contribution in [2.45, 2.75) is 30.8 Å². The van der Waals surface area contributed by atoms with E-state index in [1.165, 1.54) is 5.56 Å². The molecular weight excluding hydrogens is 236 g/mol. The van der Waals surface area contributed by atoms with Crippen LogP contribution in [0.5, 0.6) is 0 Å². The Morgan fingerprint density at radius 3 is 2.79 bits per heavy atom. The van der Waals surface area contributed by atoms with Crippen LogP contribution in [-0.4, -0.2) is 41.3 Å². The maximum absolute atomic E-state index is 9.28. The van der Waals surface area contributed by atoms with E-state index >= 15 is 0 Å². The Balaban J connectivity index is 2.28. The normalized spacial score (nSPS) is 28.2. The Hall–Kier alpha value is -1.16. The number of nitrogens with zero attached hydrogens (tertiary/aromatic N) is 1. The van der Waals surface area contributed by atoms with Gasteiger partial charge in [-0.05, 0) is 31.4 Å². The van der Waals surface area contributed by atoms with Gasteiger partial charge in [0.1, 0.15) is 0 Å². The molecule has 0 aromatic heterocycles. The van der Waals surface area contributed by atoms with Crippen molar-refractivity contribution in [1.82, 2.24) is 4.90 Å². The lowest BCUT2D eigenvalue weighted by molar-refractivity contribution is 0.0498. The third-order valence-electron chi connectivity index (χ3n) is 4.23. The Morgan fingerprint density at radius 1 is 1.42 bits per heavy atom. The van der Waals surface area contributed by atoms with Crippen molar-refractivity contribution in [2.24, 2.45) is 5.73 Å². The standard InChI is InChI=1S/C16H24N2O/c1-2-16(13-14-7-4-3-5-8-14)15(17)9-6-10-18(16)11-12-19/h2-5,7-8,15,19H,1,6,9-13,17H2. The maximum Gasteiger partial charge on any atom is 0.0581 e. The lowest BCUT2D eigenvalue weighted by atomic mass is 9.77. The summed E-state index contributed by atoms with van der Waals surface area (Å²) in [5.41, 5.74) is 7.43. The molecule has 0 amide bonds. The van der Waals surface area contributed by atoms with Crippen molar-refractivity contribution in [1.29, 1.82) is 0 Å². The molecule has 1 saturated heterocycles. The highest BCUT2D eigenvalue weighted by atomic mass is 16.3. The van der Waals surface area contributed by atoms with Crippen LogP contribution in [0.3, 0.4) is 0 Å². The van der Waals surface area contributed by atoms with Crippen LogP contribution in [0.4, 0.5) is 0 Å². The SMILES string of the molecule is C=CC1(Cc2ccccc2)C(N)CCCN1CCO. The molecule has 1 aliphatic heterocycles. The van der Waals surface area contributed by atoms with Gasteiger partial charge < -0.3 is 10.8 Å². The molecule has 2 rings (SSSR count). The van der Waals surface area contributed by atoms with Gasteiger partial charge in [0.15, 0.2) is 0 Å². The number of aliphatic hydroxyl groups excluding tert-OH is 1. The zero-order chi connectivity index (χ0) is 13.7.